The van der Waals surface area contributed by atoms with Crippen molar-refractivity contribution in [3.8, 4) is 0 Å². The van der Waals surface area contributed by atoms with Crippen molar-refractivity contribution < 1.29 is 19.1 Å². The molecule has 6 nitrogen and oxygen atoms in total. The summed E-state index contributed by atoms with van der Waals surface area (Å²) in [4.78, 5) is 36.4. The molecule has 0 unspecified atom stereocenters. The van der Waals surface area contributed by atoms with E-state index in [9.17, 15) is 14.4 Å². The van der Waals surface area contributed by atoms with E-state index in [-0.39, 0.29) is 37.3 Å². The SMILES string of the molecule is CCN(CCC(=O)OC)C(=O)CNC(=O)c1ccccc1. The lowest BCUT2D eigenvalue weighted by molar-refractivity contribution is -0.141. The van der Waals surface area contributed by atoms with E-state index >= 15 is 0 Å². The van der Waals surface area contributed by atoms with Crippen LogP contribution in [0.5, 0.6) is 0 Å². The van der Waals surface area contributed by atoms with Crippen molar-refractivity contribution in [2.75, 3.05) is 26.7 Å². The van der Waals surface area contributed by atoms with Gasteiger partial charge in [-0.05, 0) is 19.1 Å². The summed E-state index contributed by atoms with van der Waals surface area (Å²) in [6.07, 6.45) is 0.142. The molecule has 0 spiro atoms. The maximum Gasteiger partial charge on any atom is 0.307 e. The Morgan fingerprint density at radius 3 is 2.43 bits per heavy atom. The summed E-state index contributed by atoms with van der Waals surface area (Å²) in [7, 11) is 1.31. The zero-order valence-corrected chi connectivity index (χ0v) is 12.3. The summed E-state index contributed by atoms with van der Waals surface area (Å²) in [5, 5.41) is 2.57. The summed E-state index contributed by atoms with van der Waals surface area (Å²) >= 11 is 0. The third kappa shape index (κ3) is 5.64. The van der Waals surface area contributed by atoms with Crippen LogP contribution in [0.3, 0.4) is 0 Å². The zero-order valence-electron chi connectivity index (χ0n) is 12.3. The number of hydrogen-bond acceptors (Lipinski definition) is 4. The predicted octanol–water partition coefficient (Wildman–Crippen LogP) is 0.828. The van der Waals surface area contributed by atoms with Crippen LogP contribution < -0.4 is 5.32 Å². The molecule has 0 aliphatic rings. The highest BCUT2D eigenvalue weighted by atomic mass is 16.5. The molecule has 21 heavy (non-hydrogen) atoms. The van der Waals surface area contributed by atoms with E-state index in [4.69, 9.17) is 0 Å². The fraction of sp³-hybridized carbons (Fsp3) is 0.400. The molecule has 0 aromatic heterocycles. The molecule has 1 N–H and O–H groups in total. The van der Waals surface area contributed by atoms with Gasteiger partial charge in [0.05, 0.1) is 20.1 Å². The highest BCUT2D eigenvalue weighted by Crippen LogP contribution is 1.98. The lowest BCUT2D eigenvalue weighted by Crippen LogP contribution is -2.41. The van der Waals surface area contributed by atoms with Crippen LogP contribution in [0.25, 0.3) is 0 Å². The van der Waals surface area contributed by atoms with Gasteiger partial charge in [0.2, 0.25) is 5.91 Å². The number of amides is 2. The molecule has 0 radical (unpaired) electrons. The number of ether oxygens (including phenoxy) is 1. The van der Waals surface area contributed by atoms with Gasteiger partial charge in [-0.1, -0.05) is 18.2 Å². The first-order valence-corrected chi connectivity index (χ1v) is 6.76. The Kier molecular flexibility index (Phi) is 6.94. The number of likely N-dealkylation sites (N-methyl/N-ethyl adjacent to an activating group) is 1. The molecule has 114 valence electrons. The Bertz CT molecular complexity index is 488. The fourth-order valence-electron chi connectivity index (χ4n) is 1.75. The average molecular weight is 292 g/mol. The van der Waals surface area contributed by atoms with Crippen molar-refractivity contribution in [1.29, 1.82) is 0 Å². The predicted molar refractivity (Wildman–Crippen MR) is 77.7 cm³/mol. The van der Waals surface area contributed by atoms with Crippen LogP contribution in [0, 0.1) is 0 Å². The van der Waals surface area contributed by atoms with Gasteiger partial charge in [-0.25, -0.2) is 0 Å². The topological polar surface area (TPSA) is 75.7 Å². The lowest BCUT2D eigenvalue weighted by Gasteiger charge is -2.20. The van der Waals surface area contributed by atoms with Gasteiger partial charge in [-0.15, -0.1) is 0 Å². The fourth-order valence-corrected chi connectivity index (χ4v) is 1.75. The van der Waals surface area contributed by atoms with Gasteiger partial charge in [0.15, 0.2) is 0 Å². The highest BCUT2D eigenvalue weighted by molar-refractivity contribution is 5.96. The number of carbonyl (C=O) groups excluding carboxylic acids is 3. The van der Waals surface area contributed by atoms with E-state index < -0.39 is 0 Å². The molecule has 1 aromatic rings. The first-order chi connectivity index (χ1) is 10.1. The van der Waals surface area contributed by atoms with Gasteiger partial charge < -0.3 is 15.0 Å². The molecule has 0 atom stereocenters. The molecule has 0 aliphatic carbocycles. The van der Waals surface area contributed by atoms with Crippen LogP contribution in [0.1, 0.15) is 23.7 Å². The van der Waals surface area contributed by atoms with Gasteiger partial charge in [0.25, 0.3) is 5.91 Å². The minimum Gasteiger partial charge on any atom is -0.469 e. The molecule has 0 bridgehead atoms. The molecular weight excluding hydrogens is 272 g/mol. The van der Waals surface area contributed by atoms with E-state index in [1.165, 1.54) is 12.0 Å². The van der Waals surface area contributed by atoms with E-state index in [1.807, 2.05) is 13.0 Å². The molecule has 0 heterocycles. The minimum atomic E-state index is -0.366. The Morgan fingerprint density at radius 2 is 1.86 bits per heavy atom. The quantitative estimate of drug-likeness (QED) is 0.755. The second kappa shape index (κ2) is 8.73. The van der Waals surface area contributed by atoms with Gasteiger partial charge in [-0.2, -0.15) is 0 Å². The first kappa shape index (κ1) is 16.7. The Hall–Kier alpha value is -2.37. The standard InChI is InChI=1S/C15H20N2O4/c1-3-17(10-9-14(19)21-2)13(18)11-16-15(20)12-7-5-4-6-8-12/h4-8H,3,9-11H2,1-2H3,(H,16,20). The van der Waals surface area contributed by atoms with Crippen molar-refractivity contribution in [3.05, 3.63) is 35.9 Å². The molecule has 1 aromatic carbocycles. The number of hydrogen-bond donors (Lipinski definition) is 1. The number of nitrogens with one attached hydrogen (secondary N) is 1. The highest BCUT2D eigenvalue weighted by Gasteiger charge is 2.14. The number of rotatable bonds is 7. The van der Waals surface area contributed by atoms with Gasteiger partial charge in [-0.3, -0.25) is 14.4 Å². The maximum absolute atomic E-state index is 12.0. The Morgan fingerprint density at radius 1 is 1.19 bits per heavy atom. The molecule has 1 rings (SSSR count). The Balaban J connectivity index is 2.44. The van der Waals surface area contributed by atoms with Crippen LogP contribution in [0.4, 0.5) is 0 Å². The summed E-state index contributed by atoms with van der Waals surface area (Å²) in [6, 6.07) is 8.67. The molecule has 0 aliphatic heterocycles. The number of nitrogens with zero attached hydrogens (tertiary/aromatic N) is 1. The largest absolute Gasteiger partial charge is 0.469 e. The third-order valence-corrected chi connectivity index (χ3v) is 2.98. The molecule has 0 saturated carbocycles. The van der Waals surface area contributed by atoms with Crippen molar-refractivity contribution in [2.45, 2.75) is 13.3 Å². The zero-order chi connectivity index (χ0) is 15.7. The normalized spacial score (nSPS) is 9.81. The summed E-state index contributed by atoms with van der Waals surface area (Å²) < 4.78 is 4.53. The number of methoxy groups -OCH3 is 1. The van der Waals surface area contributed by atoms with Crippen molar-refractivity contribution in [3.63, 3.8) is 0 Å². The van der Waals surface area contributed by atoms with Crippen LogP contribution >= 0.6 is 0 Å². The number of benzene rings is 1. The van der Waals surface area contributed by atoms with Gasteiger partial charge in [0.1, 0.15) is 0 Å². The smallest absolute Gasteiger partial charge is 0.307 e. The summed E-state index contributed by atoms with van der Waals surface area (Å²) in [5.74, 6) is -0.895. The molecule has 0 saturated heterocycles. The molecule has 6 heteroatoms. The second-order valence-electron chi connectivity index (χ2n) is 4.35. The van der Waals surface area contributed by atoms with Crippen LogP contribution in [0.2, 0.25) is 0 Å². The number of carbonyl (C=O) groups is 3. The van der Waals surface area contributed by atoms with Gasteiger partial charge in [0, 0.05) is 18.7 Å². The third-order valence-electron chi connectivity index (χ3n) is 2.98. The van der Waals surface area contributed by atoms with Crippen molar-refractivity contribution >= 4 is 17.8 Å². The second-order valence-corrected chi connectivity index (χ2v) is 4.35. The van der Waals surface area contributed by atoms with E-state index in [0.717, 1.165) is 0 Å². The maximum atomic E-state index is 12.0. The Labute approximate surface area is 124 Å². The van der Waals surface area contributed by atoms with Crippen LogP contribution in [0.15, 0.2) is 30.3 Å². The number of esters is 1. The molecule has 0 fully saturated rings. The summed E-state index contributed by atoms with van der Waals surface area (Å²) in [5.41, 5.74) is 0.503. The first-order valence-electron chi connectivity index (χ1n) is 6.76. The van der Waals surface area contributed by atoms with E-state index in [0.29, 0.717) is 12.1 Å². The van der Waals surface area contributed by atoms with Crippen LogP contribution in [-0.4, -0.2) is 49.4 Å². The van der Waals surface area contributed by atoms with Crippen LogP contribution in [-0.2, 0) is 14.3 Å². The monoisotopic (exact) mass is 292 g/mol. The summed E-state index contributed by atoms with van der Waals surface area (Å²) in [6.45, 7) is 2.47. The molecular formula is C15H20N2O4. The van der Waals surface area contributed by atoms with E-state index in [2.05, 4.69) is 10.1 Å². The van der Waals surface area contributed by atoms with Crippen molar-refractivity contribution in [2.24, 2.45) is 0 Å². The molecule has 2 amide bonds. The minimum absolute atomic E-state index is 0.0945. The average Bonchev–Trinajstić information content (AvgIpc) is 2.53. The van der Waals surface area contributed by atoms with E-state index in [1.54, 1.807) is 24.3 Å². The van der Waals surface area contributed by atoms with Gasteiger partial charge >= 0.3 is 5.97 Å². The lowest BCUT2D eigenvalue weighted by atomic mass is 10.2. The van der Waals surface area contributed by atoms with Crippen molar-refractivity contribution in [1.82, 2.24) is 10.2 Å².